The molecule has 0 bridgehead atoms. The summed E-state index contributed by atoms with van der Waals surface area (Å²) in [5, 5.41) is 0.462. The van der Waals surface area contributed by atoms with E-state index in [1.54, 1.807) is 17.0 Å². The van der Waals surface area contributed by atoms with Gasteiger partial charge in [0.25, 0.3) is 0 Å². The smallest absolute Gasteiger partial charge is 0.410 e. The van der Waals surface area contributed by atoms with E-state index in [1.165, 1.54) is 18.6 Å². The molecule has 9 heteroatoms. The van der Waals surface area contributed by atoms with Gasteiger partial charge in [-0.15, -0.1) is 0 Å². The van der Waals surface area contributed by atoms with Crippen LogP contribution in [0.25, 0.3) is 0 Å². The van der Waals surface area contributed by atoms with E-state index in [-0.39, 0.29) is 11.5 Å². The molecule has 4 rings (SSSR count). The Bertz CT molecular complexity index is 868. The van der Waals surface area contributed by atoms with E-state index < -0.39 is 18.1 Å². The van der Waals surface area contributed by atoms with Gasteiger partial charge in [0.15, 0.2) is 11.9 Å². The van der Waals surface area contributed by atoms with Crippen LogP contribution in [0, 0.1) is 0 Å². The van der Waals surface area contributed by atoms with Crippen LogP contribution in [0.2, 0.25) is 5.02 Å². The number of ether oxygens (including phenoxy) is 1. The molecule has 3 heterocycles. The first-order valence-corrected chi connectivity index (χ1v) is 9.03. The van der Waals surface area contributed by atoms with Gasteiger partial charge < -0.3 is 14.5 Å². The first-order valence-electron chi connectivity index (χ1n) is 8.65. The Balaban J connectivity index is 1.63. The molecule has 1 unspecified atom stereocenters. The van der Waals surface area contributed by atoms with Crippen LogP contribution >= 0.6 is 11.6 Å². The monoisotopic (exact) mass is 387 g/mol. The predicted molar refractivity (Wildman–Crippen MR) is 96.6 cm³/mol. The standard InChI is InChI=1S/C18H18ClN5O3/c1-23-6-8-24(9-7-23)18(26)27-17-13(12-3-2-11(19)10-22-12)16(25)14-15(17)21-5-4-20-14/h2-5,10,13,17H,6-9H2,1H3/t13?,17-/m1/s1. The van der Waals surface area contributed by atoms with Gasteiger partial charge in [0, 0.05) is 44.8 Å². The third-order valence-corrected chi connectivity index (χ3v) is 5.10. The zero-order valence-electron chi connectivity index (χ0n) is 14.7. The number of nitrogens with zero attached hydrogens (tertiary/aromatic N) is 5. The fourth-order valence-corrected chi connectivity index (χ4v) is 3.46. The molecule has 1 saturated heterocycles. The number of hydrogen-bond acceptors (Lipinski definition) is 7. The zero-order chi connectivity index (χ0) is 19.0. The van der Waals surface area contributed by atoms with Crippen molar-refractivity contribution in [2.45, 2.75) is 12.0 Å². The topological polar surface area (TPSA) is 88.5 Å². The number of carbonyl (C=O) groups is 2. The van der Waals surface area contributed by atoms with E-state index in [1.807, 2.05) is 7.05 Å². The van der Waals surface area contributed by atoms with Crippen LogP contribution in [0.4, 0.5) is 4.79 Å². The van der Waals surface area contributed by atoms with Gasteiger partial charge in [0.1, 0.15) is 17.3 Å². The molecule has 27 heavy (non-hydrogen) atoms. The molecule has 2 aromatic heterocycles. The van der Waals surface area contributed by atoms with E-state index in [4.69, 9.17) is 16.3 Å². The minimum Gasteiger partial charge on any atom is -0.438 e. The quantitative estimate of drug-likeness (QED) is 0.777. The number of likely N-dealkylation sites (N-methyl/N-ethyl adjacent to an activating group) is 1. The molecule has 1 aliphatic heterocycles. The van der Waals surface area contributed by atoms with Gasteiger partial charge in [-0.05, 0) is 19.2 Å². The number of ketones is 1. The molecule has 0 radical (unpaired) electrons. The summed E-state index contributed by atoms with van der Waals surface area (Å²) in [5.41, 5.74) is 1.06. The van der Waals surface area contributed by atoms with Crippen molar-refractivity contribution in [2.24, 2.45) is 0 Å². The Hall–Kier alpha value is -2.58. The minimum atomic E-state index is -0.859. The highest BCUT2D eigenvalue weighted by atomic mass is 35.5. The number of amides is 1. The van der Waals surface area contributed by atoms with E-state index in [0.29, 0.717) is 29.5 Å². The second-order valence-electron chi connectivity index (χ2n) is 6.63. The maximum absolute atomic E-state index is 12.9. The number of fused-ring (bicyclic) bond motifs is 1. The summed E-state index contributed by atoms with van der Waals surface area (Å²) in [7, 11) is 2.01. The average Bonchev–Trinajstić information content (AvgIpc) is 2.95. The fraction of sp³-hybridized carbons (Fsp3) is 0.389. The Labute approximate surface area is 161 Å². The van der Waals surface area contributed by atoms with E-state index in [9.17, 15) is 9.59 Å². The lowest BCUT2D eigenvalue weighted by Gasteiger charge is -2.32. The molecule has 2 atom stereocenters. The summed E-state index contributed by atoms with van der Waals surface area (Å²) in [6, 6.07) is 3.31. The molecule has 0 aromatic carbocycles. The van der Waals surface area contributed by atoms with Gasteiger partial charge >= 0.3 is 6.09 Å². The highest BCUT2D eigenvalue weighted by Crippen LogP contribution is 2.42. The summed E-state index contributed by atoms with van der Waals surface area (Å²) < 4.78 is 5.75. The highest BCUT2D eigenvalue weighted by Gasteiger charge is 2.47. The summed E-state index contributed by atoms with van der Waals surface area (Å²) in [6.45, 7) is 2.70. The molecule has 1 fully saturated rings. The Kier molecular flexibility index (Phi) is 4.75. The molecular formula is C18H18ClN5O3. The highest BCUT2D eigenvalue weighted by molar-refractivity contribution is 6.30. The SMILES string of the molecule is CN1CCN(C(=O)O[C@H]2c3nccnc3C(=O)C2c2ccc(Cl)cn2)CC1. The molecule has 1 amide bonds. The Morgan fingerprint density at radius 1 is 1.15 bits per heavy atom. The van der Waals surface area contributed by atoms with Gasteiger partial charge in [-0.3, -0.25) is 14.8 Å². The van der Waals surface area contributed by atoms with Gasteiger partial charge in [-0.2, -0.15) is 0 Å². The first-order chi connectivity index (χ1) is 13.0. The molecule has 8 nitrogen and oxygen atoms in total. The number of halogens is 1. The number of aromatic nitrogens is 3. The van der Waals surface area contributed by atoms with Crippen LogP contribution in [0.15, 0.2) is 30.7 Å². The lowest BCUT2D eigenvalue weighted by molar-refractivity contribution is 0.0397. The largest absolute Gasteiger partial charge is 0.438 e. The number of carbonyl (C=O) groups excluding carboxylic acids is 2. The molecular weight excluding hydrogens is 370 g/mol. The van der Waals surface area contributed by atoms with Crippen molar-refractivity contribution >= 4 is 23.5 Å². The van der Waals surface area contributed by atoms with Crippen molar-refractivity contribution in [1.29, 1.82) is 0 Å². The number of rotatable bonds is 2. The molecule has 0 N–H and O–H groups in total. The fourth-order valence-electron chi connectivity index (χ4n) is 3.35. The molecule has 1 aliphatic carbocycles. The minimum absolute atomic E-state index is 0.218. The summed E-state index contributed by atoms with van der Waals surface area (Å²) in [4.78, 5) is 42.0. The normalized spacial score (nSPS) is 22.6. The van der Waals surface area contributed by atoms with Crippen molar-refractivity contribution in [3.63, 3.8) is 0 Å². The number of Topliss-reactive ketones (excluding diaryl/α,β-unsaturated/α-hetero) is 1. The van der Waals surface area contributed by atoms with Crippen molar-refractivity contribution in [3.8, 4) is 0 Å². The summed E-state index contributed by atoms with van der Waals surface area (Å²) in [5.74, 6) is -1.04. The molecule has 0 saturated carbocycles. The zero-order valence-corrected chi connectivity index (χ0v) is 15.5. The maximum atomic E-state index is 12.9. The second kappa shape index (κ2) is 7.21. The van der Waals surface area contributed by atoms with E-state index in [0.717, 1.165) is 13.1 Å². The number of hydrogen-bond donors (Lipinski definition) is 0. The van der Waals surface area contributed by atoms with Crippen molar-refractivity contribution in [1.82, 2.24) is 24.8 Å². The van der Waals surface area contributed by atoms with Crippen molar-refractivity contribution < 1.29 is 14.3 Å². The van der Waals surface area contributed by atoms with Crippen LogP contribution in [0.5, 0.6) is 0 Å². The molecule has 0 spiro atoms. The first kappa shape index (κ1) is 17.8. The van der Waals surface area contributed by atoms with E-state index in [2.05, 4.69) is 19.9 Å². The van der Waals surface area contributed by atoms with Gasteiger partial charge in [-0.1, -0.05) is 11.6 Å². The maximum Gasteiger partial charge on any atom is 0.410 e. The Morgan fingerprint density at radius 3 is 2.59 bits per heavy atom. The lowest BCUT2D eigenvalue weighted by atomic mass is 9.98. The number of piperazine rings is 1. The molecule has 2 aromatic rings. The van der Waals surface area contributed by atoms with Gasteiger partial charge in [0.05, 0.1) is 10.7 Å². The number of pyridine rings is 1. The van der Waals surface area contributed by atoms with Gasteiger partial charge in [-0.25, -0.2) is 9.78 Å². The lowest BCUT2D eigenvalue weighted by Crippen LogP contribution is -2.47. The van der Waals surface area contributed by atoms with Crippen molar-refractivity contribution in [3.05, 3.63) is 52.8 Å². The van der Waals surface area contributed by atoms with Crippen LogP contribution in [-0.4, -0.2) is 69.9 Å². The predicted octanol–water partition coefficient (Wildman–Crippen LogP) is 1.93. The van der Waals surface area contributed by atoms with Crippen molar-refractivity contribution in [2.75, 3.05) is 33.2 Å². The van der Waals surface area contributed by atoms with Crippen LogP contribution in [0.1, 0.15) is 33.9 Å². The third kappa shape index (κ3) is 3.38. The summed E-state index contributed by atoms with van der Waals surface area (Å²) >= 11 is 5.91. The second-order valence-corrected chi connectivity index (χ2v) is 7.06. The van der Waals surface area contributed by atoms with Crippen LogP contribution < -0.4 is 0 Å². The van der Waals surface area contributed by atoms with Gasteiger partial charge in [0.2, 0.25) is 0 Å². The molecule has 140 valence electrons. The van der Waals surface area contributed by atoms with E-state index >= 15 is 0 Å². The average molecular weight is 388 g/mol. The van der Waals surface area contributed by atoms with Crippen LogP contribution in [0.3, 0.4) is 0 Å². The van der Waals surface area contributed by atoms with Crippen LogP contribution in [-0.2, 0) is 4.74 Å². The Morgan fingerprint density at radius 2 is 1.89 bits per heavy atom. The molecule has 2 aliphatic rings. The summed E-state index contributed by atoms with van der Waals surface area (Å²) in [6.07, 6.45) is 3.09. The third-order valence-electron chi connectivity index (χ3n) is 4.87.